The minimum Gasteiger partial charge on any atom is -0.481 e. The van der Waals surface area contributed by atoms with Crippen LogP contribution in [0.25, 0.3) is 0 Å². The molecule has 1 aromatic carbocycles. The smallest absolute Gasteiger partial charge is 0.260 e. The molecule has 0 aliphatic carbocycles. The quantitative estimate of drug-likeness (QED) is 0.790. The Hall–Kier alpha value is -1.55. The van der Waals surface area contributed by atoms with Gasteiger partial charge in [0.05, 0.1) is 0 Å². The summed E-state index contributed by atoms with van der Waals surface area (Å²) >= 11 is 0. The maximum atomic E-state index is 12.1. The fourth-order valence-corrected chi connectivity index (χ4v) is 2.32. The molecule has 0 saturated carbocycles. The van der Waals surface area contributed by atoms with Crippen molar-refractivity contribution in [2.45, 2.75) is 65.5 Å². The Bertz CT molecular complexity index is 505. The summed E-state index contributed by atoms with van der Waals surface area (Å²) in [6.07, 6.45) is 0.605. The van der Waals surface area contributed by atoms with E-state index in [4.69, 9.17) is 4.74 Å². The van der Waals surface area contributed by atoms with Crippen molar-refractivity contribution < 1.29 is 9.53 Å². The number of carbonyl (C=O) groups is 1. The molecular formula is C20H34N2O2. The highest BCUT2D eigenvalue weighted by Gasteiger charge is 2.16. The molecule has 1 N–H and O–H groups in total. The Kier molecular flexibility index (Phi) is 7.74. The lowest BCUT2D eigenvalue weighted by Gasteiger charge is -2.24. The van der Waals surface area contributed by atoms with Crippen molar-refractivity contribution in [3.05, 3.63) is 29.8 Å². The van der Waals surface area contributed by atoms with Gasteiger partial charge in [0.2, 0.25) is 0 Å². The first-order valence-corrected chi connectivity index (χ1v) is 8.90. The minimum absolute atomic E-state index is 0.0764. The van der Waals surface area contributed by atoms with E-state index >= 15 is 0 Å². The van der Waals surface area contributed by atoms with E-state index in [0.717, 1.165) is 18.7 Å². The number of hydrogen-bond donors (Lipinski definition) is 1. The predicted molar refractivity (Wildman–Crippen MR) is 101 cm³/mol. The van der Waals surface area contributed by atoms with Crippen LogP contribution in [-0.4, -0.2) is 43.1 Å². The lowest BCUT2D eigenvalue weighted by molar-refractivity contribution is -0.127. The molecule has 0 radical (unpaired) electrons. The normalized spacial score (nSPS) is 14.3. The van der Waals surface area contributed by atoms with E-state index in [1.807, 2.05) is 12.1 Å². The molecule has 2 atom stereocenters. The van der Waals surface area contributed by atoms with Crippen LogP contribution in [0.2, 0.25) is 0 Å². The number of ether oxygens (including phenoxy) is 1. The molecule has 0 aromatic heterocycles. The molecule has 1 aromatic rings. The maximum absolute atomic E-state index is 12.1. The first-order chi connectivity index (χ1) is 11.1. The molecular weight excluding hydrogens is 300 g/mol. The van der Waals surface area contributed by atoms with Gasteiger partial charge < -0.3 is 15.0 Å². The molecule has 0 fully saturated rings. The van der Waals surface area contributed by atoms with Gasteiger partial charge in [-0.25, -0.2) is 0 Å². The molecule has 1 rings (SSSR count). The fraction of sp³-hybridized carbons (Fsp3) is 0.650. The SMILES string of the molecule is CC[C@@H](C)N(C)CCNC(=O)[C@@H](C)Oc1ccc(C(C)(C)C)cc1. The molecule has 0 aliphatic heterocycles. The number of likely N-dealkylation sites (N-methyl/N-ethyl adjacent to an activating group) is 1. The van der Waals surface area contributed by atoms with Crippen molar-refractivity contribution in [3.63, 3.8) is 0 Å². The third kappa shape index (κ3) is 6.52. The summed E-state index contributed by atoms with van der Waals surface area (Å²) in [6.45, 7) is 14.1. The van der Waals surface area contributed by atoms with Crippen LogP contribution in [0.4, 0.5) is 0 Å². The zero-order valence-corrected chi connectivity index (χ0v) is 16.3. The van der Waals surface area contributed by atoms with E-state index in [2.05, 4.69) is 64.0 Å². The Labute approximate surface area is 147 Å². The number of rotatable bonds is 8. The zero-order valence-electron chi connectivity index (χ0n) is 16.3. The van der Waals surface area contributed by atoms with Gasteiger partial charge in [-0.2, -0.15) is 0 Å². The molecule has 0 aliphatic rings. The van der Waals surface area contributed by atoms with Crippen molar-refractivity contribution in [1.29, 1.82) is 0 Å². The van der Waals surface area contributed by atoms with Crippen LogP contribution in [-0.2, 0) is 10.2 Å². The van der Waals surface area contributed by atoms with E-state index < -0.39 is 6.10 Å². The Morgan fingerprint density at radius 3 is 2.29 bits per heavy atom. The highest BCUT2D eigenvalue weighted by molar-refractivity contribution is 5.80. The van der Waals surface area contributed by atoms with Gasteiger partial charge in [0.25, 0.3) is 5.91 Å². The first-order valence-electron chi connectivity index (χ1n) is 8.90. The summed E-state index contributed by atoms with van der Waals surface area (Å²) < 4.78 is 5.74. The molecule has 0 spiro atoms. The monoisotopic (exact) mass is 334 g/mol. The van der Waals surface area contributed by atoms with Crippen LogP contribution < -0.4 is 10.1 Å². The van der Waals surface area contributed by atoms with Gasteiger partial charge in [0.15, 0.2) is 6.10 Å². The van der Waals surface area contributed by atoms with Gasteiger partial charge in [-0.1, -0.05) is 39.8 Å². The van der Waals surface area contributed by atoms with E-state index in [1.165, 1.54) is 5.56 Å². The van der Waals surface area contributed by atoms with Crippen molar-refractivity contribution in [2.75, 3.05) is 20.1 Å². The van der Waals surface area contributed by atoms with E-state index in [0.29, 0.717) is 12.6 Å². The number of nitrogens with zero attached hydrogens (tertiary/aromatic N) is 1. The minimum atomic E-state index is -0.501. The van der Waals surface area contributed by atoms with Gasteiger partial charge in [-0.15, -0.1) is 0 Å². The molecule has 1 amide bonds. The molecule has 4 heteroatoms. The molecule has 0 bridgehead atoms. The van der Waals surface area contributed by atoms with Crippen LogP contribution in [0.5, 0.6) is 5.75 Å². The van der Waals surface area contributed by atoms with E-state index in [-0.39, 0.29) is 11.3 Å². The number of hydrogen-bond acceptors (Lipinski definition) is 3. The van der Waals surface area contributed by atoms with Crippen molar-refractivity contribution in [3.8, 4) is 5.75 Å². The summed E-state index contributed by atoms with van der Waals surface area (Å²) in [7, 11) is 2.08. The third-order valence-electron chi connectivity index (χ3n) is 4.51. The summed E-state index contributed by atoms with van der Waals surface area (Å²) in [4.78, 5) is 14.4. The standard InChI is InChI=1S/C20H34N2O2/c1-8-15(2)22(7)14-13-21-19(23)16(3)24-18-11-9-17(10-12-18)20(4,5)6/h9-12,15-16H,8,13-14H2,1-7H3,(H,21,23)/t15-,16-/m1/s1. The maximum Gasteiger partial charge on any atom is 0.260 e. The molecule has 0 heterocycles. The summed E-state index contributed by atoms with van der Waals surface area (Å²) in [5.41, 5.74) is 1.36. The number of nitrogens with one attached hydrogen (secondary N) is 1. The van der Waals surface area contributed by atoms with Crippen LogP contribution in [0, 0.1) is 0 Å². The van der Waals surface area contributed by atoms with Crippen molar-refractivity contribution in [2.24, 2.45) is 0 Å². The number of amides is 1. The topological polar surface area (TPSA) is 41.6 Å². The van der Waals surface area contributed by atoms with Gasteiger partial charge in [0.1, 0.15) is 5.75 Å². The van der Waals surface area contributed by atoms with Gasteiger partial charge >= 0.3 is 0 Å². The Morgan fingerprint density at radius 1 is 1.21 bits per heavy atom. The van der Waals surface area contributed by atoms with Crippen molar-refractivity contribution >= 4 is 5.91 Å². The van der Waals surface area contributed by atoms with Crippen LogP contribution in [0.15, 0.2) is 24.3 Å². The summed E-state index contributed by atoms with van der Waals surface area (Å²) in [5.74, 6) is 0.648. The van der Waals surface area contributed by atoms with Crippen LogP contribution in [0.1, 0.15) is 53.5 Å². The fourth-order valence-electron chi connectivity index (χ4n) is 2.32. The lowest BCUT2D eigenvalue weighted by Crippen LogP contribution is -2.41. The third-order valence-corrected chi connectivity index (χ3v) is 4.51. The molecule has 0 unspecified atom stereocenters. The molecule has 24 heavy (non-hydrogen) atoms. The summed E-state index contributed by atoms with van der Waals surface area (Å²) in [5, 5.41) is 2.94. The Morgan fingerprint density at radius 2 is 1.79 bits per heavy atom. The van der Waals surface area contributed by atoms with Crippen LogP contribution in [0.3, 0.4) is 0 Å². The number of carbonyl (C=O) groups excluding carboxylic acids is 1. The van der Waals surface area contributed by atoms with E-state index in [1.54, 1.807) is 6.92 Å². The number of benzene rings is 1. The average Bonchev–Trinajstić information content (AvgIpc) is 2.53. The van der Waals surface area contributed by atoms with Crippen molar-refractivity contribution in [1.82, 2.24) is 10.2 Å². The highest BCUT2D eigenvalue weighted by Crippen LogP contribution is 2.24. The highest BCUT2D eigenvalue weighted by atomic mass is 16.5. The van der Waals surface area contributed by atoms with Gasteiger partial charge in [-0.05, 0) is 50.4 Å². The first kappa shape index (κ1) is 20.5. The predicted octanol–water partition coefficient (Wildman–Crippen LogP) is 3.60. The Balaban J connectivity index is 2.44. The lowest BCUT2D eigenvalue weighted by atomic mass is 9.87. The molecule has 0 saturated heterocycles. The summed E-state index contributed by atoms with van der Waals surface area (Å²) in [6, 6.07) is 8.50. The average molecular weight is 335 g/mol. The second kappa shape index (κ2) is 9.07. The van der Waals surface area contributed by atoms with Gasteiger partial charge in [0, 0.05) is 19.1 Å². The molecule has 4 nitrogen and oxygen atoms in total. The largest absolute Gasteiger partial charge is 0.481 e. The second-order valence-electron chi connectivity index (χ2n) is 7.56. The van der Waals surface area contributed by atoms with Crippen LogP contribution >= 0.6 is 0 Å². The molecule has 136 valence electrons. The second-order valence-corrected chi connectivity index (χ2v) is 7.56. The van der Waals surface area contributed by atoms with Gasteiger partial charge in [-0.3, -0.25) is 4.79 Å². The van der Waals surface area contributed by atoms with E-state index in [9.17, 15) is 4.79 Å². The zero-order chi connectivity index (χ0) is 18.3.